The maximum atomic E-state index is 13.4. The molecule has 0 spiro atoms. The summed E-state index contributed by atoms with van der Waals surface area (Å²) in [6.45, 7) is 3.22. The quantitative estimate of drug-likeness (QED) is 0.470. The fraction of sp³-hybridized carbons (Fsp3) is 0.238. The molecule has 148 valence electrons. The summed E-state index contributed by atoms with van der Waals surface area (Å²) in [7, 11) is 1.67. The lowest BCUT2D eigenvalue weighted by Crippen LogP contribution is -2.08. The van der Waals surface area contributed by atoms with E-state index >= 15 is 0 Å². The van der Waals surface area contributed by atoms with E-state index in [2.05, 4.69) is 25.4 Å². The Morgan fingerprint density at radius 2 is 1.97 bits per heavy atom. The monoisotopic (exact) mass is 393 g/mol. The molecule has 3 aromatic heterocycles. The number of hydrogen-bond acceptors (Lipinski definition) is 7. The molecule has 0 radical (unpaired) electrons. The second-order valence-electron chi connectivity index (χ2n) is 6.55. The van der Waals surface area contributed by atoms with Crippen LogP contribution in [0, 0.1) is 12.7 Å². The Morgan fingerprint density at radius 1 is 1.14 bits per heavy atom. The van der Waals surface area contributed by atoms with E-state index in [1.165, 1.54) is 12.1 Å². The molecule has 7 nitrogen and oxygen atoms in total. The van der Waals surface area contributed by atoms with Crippen LogP contribution < -0.4 is 5.32 Å². The van der Waals surface area contributed by atoms with Crippen LogP contribution in [0.5, 0.6) is 0 Å². The van der Waals surface area contributed by atoms with Crippen LogP contribution in [0.2, 0.25) is 0 Å². The van der Waals surface area contributed by atoms with Crippen molar-refractivity contribution in [3.8, 4) is 22.5 Å². The summed E-state index contributed by atoms with van der Waals surface area (Å²) in [6.07, 6.45) is 2.54. The number of methoxy groups -OCH3 is 1. The minimum atomic E-state index is -0.309. The Bertz CT molecular complexity index is 1130. The molecule has 0 aliphatic rings. The second-order valence-corrected chi connectivity index (χ2v) is 6.55. The van der Waals surface area contributed by atoms with E-state index in [-0.39, 0.29) is 5.82 Å². The molecule has 0 atom stereocenters. The summed E-state index contributed by atoms with van der Waals surface area (Å²) < 4.78 is 23.8. The third-order valence-corrected chi connectivity index (χ3v) is 4.50. The highest BCUT2D eigenvalue weighted by Gasteiger charge is 2.17. The molecule has 4 aromatic rings. The van der Waals surface area contributed by atoms with E-state index in [4.69, 9.17) is 9.26 Å². The third-order valence-electron chi connectivity index (χ3n) is 4.50. The Morgan fingerprint density at radius 3 is 2.76 bits per heavy atom. The van der Waals surface area contributed by atoms with Gasteiger partial charge in [0.25, 0.3) is 5.71 Å². The van der Waals surface area contributed by atoms with Gasteiger partial charge in [-0.25, -0.2) is 19.3 Å². The predicted molar refractivity (Wildman–Crippen MR) is 108 cm³/mol. The standard InChI is InChI=1S/C21H20FN5O2/c1-13-16-12-17(18-8-10-24-21(25-18)23-9-3-11-28-2)19(26-20(16)29-27-13)14-4-6-15(22)7-5-14/h4-8,10,12H,3,9,11H2,1-2H3,(H,23,24,25). The van der Waals surface area contributed by atoms with Crippen molar-refractivity contribution < 1.29 is 13.7 Å². The number of pyridine rings is 1. The number of benzene rings is 1. The fourth-order valence-corrected chi connectivity index (χ4v) is 3.02. The number of anilines is 1. The molecule has 0 saturated carbocycles. The normalized spacial score (nSPS) is 11.1. The van der Waals surface area contributed by atoms with Gasteiger partial charge in [-0.1, -0.05) is 5.16 Å². The van der Waals surface area contributed by atoms with Gasteiger partial charge >= 0.3 is 0 Å². The zero-order chi connectivity index (χ0) is 20.2. The molecule has 29 heavy (non-hydrogen) atoms. The summed E-state index contributed by atoms with van der Waals surface area (Å²) in [6, 6.07) is 9.93. The molecular weight excluding hydrogens is 373 g/mol. The zero-order valence-electron chi connectivity index (χ0n) is 16.1. The maximum Gasteiger partial charge on any atom is 0.258 e. The highest BCUT2D eigenvalue weighted by Crippen LogP contribution is 2.33. The van der Waals surface area contributed by atoms with Crippen LogP contribution in [0.1, 0.15) is 12.1 Å². The van der Waals surface area contributed by atoms with Crippen molar-refractivity contribution >= 4 is 17.0 Å². The topological polar surface area (TPSA) is 86.0 Å². The number of rotatable bonds is 7. The van der Waals surface area contributed by atoms with Gasteiger partial charge < -0.3 is 14.6 Å². The number of aryl methyl sites for hydroxylation is 1. The lowest BCUT2D eigenvalue weighted by molar-refractivity contribution is 0.197. The van der Waals surface area contributed by atoms with Gasteiger partial charge in [0, 0.05) is 37.6 Å². The number of nitrogens with zero attached hydrogens (tertiary/aromatic N) is 4. The van der Waals surface area contributed by atoms with Gasteiger partial charge in [-0.05, 0) is 49.7 Å². The van der Waals surface area contributed by atoms with Crippen LogP contribution in [0.15, 0.2) is 47.1 Å². The smallest absolute Gasteiger partial charge is 0.258 e. The minimum absolute atomic E-state index is 0.309. The van der Waals surface area contributed by atoms with E-state index in [0.29, 0.717) is 36.2 Å². The van der Waals surface area contributed by atoms with Gasteiger partial charge in [0.05, 0.1) is 22.5 Å². The maximum absolute atomic E-state index is 13.4. The van der Waals surface area contributed by atoms with Crippen molar-refractivity contribution in [3.63, 3.8) is 0 Å². The second kappa shape index (κ2) is 8.32. The molecule has 0 amide bonds. The SMILES string of the molecule is COCCCNc1nccc(-c2cc3c(C)noc3nc2-c2ccc(F)cc2)n1. The van der Waals surface area contributed by atoms with Gasteiger partial charge in [0.2, 0.25) is 5.95 Å². The molecule has 1 aromatic carbocycles. The first-order chi connectivity index (χ1) is 14.2. The van der Waals surface area contributed by atoms with Crippen molar-refractivity contribution in [1.82, 2.24) is 20.1 Å². The average molecular weight is 393 g/mol. The number of ether oxygens (including phenoxy) is 1. The van der Waals surface area contributed by atoms with Gasteiger partial charge in [-0.2, -0.15) is 0 Å². The van der Waals surface area contributed by atoms with Crippen LogP contribution >= 0.6 is 0 Å². The molecule has 4 rings (SSSR count). The van der Waals surface area contributed by atoms with Crippen LogP contribution in [-0.2, 0) is 4.74 Å². The van der Waals surface area contributed by atoms with E-state index in [1.807, 2.05) is 19.1 Å². The molecule has 1 N–H and O–H groups in total. The largest absolute Gasteiger partial charge is 0.385 e. The first kappa shape index (κ1) is 18.9. The van der Waals surface area contributed by atoms with Gasteiger partial charge in [-0.3, -0.25) is 0 Å². The van der Waals surface area contributed by atoms with Crippen molar-refractivity contribution in [1.29, 1.82) is 0 Å². The Hall–Kier alpha value is -3.39. The number of aromatic nitrogens is 4. The predicted octanol–water partition coefficient (Wildman–Crippen LogP) is 4.24. The van der Waals surface area contributed by atoms with Gasteiger partial charge in [0.1, 0.15) is 5.82 Å². The number of nitrogens with one attached hydrogen (secondary N) is 1. The van der Waals surface area contributed by atoms with E-state index < -0.39 is 0 Å². The van der Waals surface area contributed by atoms with Crippen molar-refractivity contribution in [2.75, 3.05) is 25.6 Å². The summed E-state index contributed by atoms with van der Waals surface area (Å²) in [5.41, 5.74) is 4.05. The molecule has 0 bridgehead atoms. The van der Waals surface area contributed by atoms with Crippen LogP contribution in [-0.4, -0.2) is 40.4 Å². The lowest BCUT2D eigenvalue weighted by Gasteiger charge is -2.10. The zero-order valence-corrected chi connectivity index (χ0v) is 16.1. The number of hydrogen-bond donors (Lipinski definition) is 1. The Kier molecular flexibility index (Phi) is 5.44. The van der Waals surface area contributed by atoms with Gasteiger partial charge in [0.15, 0.2) is 0 Å². The lowest BCUT2D eigenvalue weighted by atomic mass is 10.0. The molecule has 0 aliphatic heterocycles. The average Bonchev–Trinajstić information content (AvgIpc) is 3.11. The van der Waals surface area contributed by atoms with Gasteiger partial charge in [-0.15, -0.1) is 0 Å². The summed E-state index contributed by atoms with van der Waals surface area (Å²) in [4.78, 5) is 13.6. The number of halogens is 1. The molecule has 8 heteroatoms. The van der Waals surface area contributed by atoms with E-state index in [9.17, 15) is 4.39 Å². The molecule has 0 aliphatic carbocycles. The van der Waals surface area contributed by atoms with Crippen molar-refractivity contribution in [2.24, 2.45) is 0 Å². The van der Waals surface area contributed by atoms with Crippen LogP contribution in [0.25, 0.3) is 33.6 Å². The van der Waals surface area contributed by atoms with E-state index in [1.54, 1.807) is 25.4 Å². The highest BCUT2D eigenvalue weighted by atomic mass is 19.1. The number of fused-ring (bicyclic) bond motifs is 1. The van der Waals surface area contributed by atoms with E-state index in [0.717, 1.165) is 28.6 Å². The molecular formula is C21H20FN5O2. The fourth-order valence-electron chi connectivity index (χ4n) is 3.02. The Balaban J connectivity index is 1.78. The van der Waals surface area contributed by atoms with Crippen LogP contribution in [0.3, 0.4) is 0 Å². The molecule has 0 fully saturated rings. The summed E-state index contributed by atoms with van der Waals surface area (Å²) in [5.74, 6) is 0.210. The summed E-state index contributed by atoms with van der Waals surface area (Å²) in [5, 5.41) is 8.00. The minimum Gasteiger partial charge on any atom is -0.385 e. The third kappa shape index (κ3) is 4.07. The van der Waals surface area contributed by atoms with Crippen molar-refractivity contribution in [3.05, 3.63) is 54.1 Å². The first-order valence-corrected chi connectivity index (χ1v) is 9.25. The highest BCUT2D eigenvalue weighted by molar-refractivity contribution is 5.89. The first-order valence-electron chi connectivity index (χ1n) is 9.25. The van der Waals surface area contributed by atoms with Crippen LogP contribution in [0.4, 0.5) is 10.3 Å². The molecule has 0 saturated heterocycles. The Labute approximate surface area is 167 Å². The molecule has 0 unspecified atom stereocenters. The van der Waals surface area contributed by atoms with Crippen molar-refractivity contribution in [2.45, 2.75) is 13.3 Å². The summed E-state index contributed by atoms with van der Waals surface area (Å²) >= 11 is 0. The molecule has 3 heterocycles.